The van der Waals surface area contributed by atoms with Gasteiger partial charge in [0.1, 0.15) is 11.2 Å². The molecular formula is C54H34N2O. The average Bonchev–Trinajstić information content (AvgIpc) is 3.81. The van der Waals surface area contributed by atoms with E-state index in [4.69, 9.17) is 4.42 Å². The molecule has 0 N–H and O–H groups in total. The Morgan fingerprint density at radius 2 is 1.05 bits per heavy atom. The quantitative estimate of drug-likeness (QED) is 0.176. The van der Waals surface area contributed by atoms with Crippen LogP contribution < -0.4 is 4.90 Å². The second-order valence-electron chi connectivity index (χ2n) is 14.9. The Balaban J connectivity index is 1.20. The van der Waals surface area contributed by atoms with Crippen molar-refractivity contribution in [1.82, 2.24) is 4.57 Å². The number of aromatic nitrogens is 1. The zero-order valence-corrected chi connectivity index (χ0v) is 30.9. The summed E-state index contributed by atoms with van der Waals surface area (Å²) < 4.78 is 9.05. The van der Waals surface area contributed by atoms with Crippen LogP contribution >= 0.6 is 0 Å². The molecule has 57 heavy (non-hydrogen) atoms. The van der Waals surface area contributed by atoms with Crippen LogP contribution in [0.2, 0.25) is 0 Å². The molecule has 10 aromatic carbocycles. The van der Waals surface area contributed by atoms with Gasteiger partial charge in [0.15, 0.2) is 0 Å². The molecule has 0 aliphatic carbocycles. The van der Waals surface area contributed by atoms with Gasteiger partial charge in [0, 0.05) is 38.3 Å². The van der Waals surface area contributed by atoms with Gasteiger partial charge in [-0.15, -0.1) is 0 Å². The zero-order valence-electron chi connectivity index (χ0n) is 30.9. The number of nitrogens with zero attached hydrogens (tertiary/aromatic N) is 2. The second kappa shape index (κ2) is 12.5. The third kappa shape index (κ3) is 4.86. The van der Waals surface area contributed by atoms with Gasteiger partial charge in [-0.3, -0.25) is 0 Å². The first-order valence-electron chi connectivity index (χ1n) is 19.5. The molecule has 0 bridgehead atoms. The normalized spacial score (nSPS) is 11.9. The SMILES string of the molecule is c1ccc(-n2c3ccccc3c3cc(N(c4ccc(-c5ccc6ccccc6c5)c5ccccc45)c4c5ccccc5cc5oc6ccccc6c45)ccc32)cc1. The van der Waals surface area contributed by atoms with Crippen LogP contribution in [0.15, 0.2) is 211 Å². The summed E-state index contributed by atoms with van der Waals surface area (Å²) in [4.78, 5) is 2.49. The van der Waals surface area contributed by atoms with Gasteiger partial charge >= 0.3 is 0 Å². The Bertz CT molecular complexity index is 3540. The molecule has 0 atom stereocenters. The fourth-order valence-corrected chi connectivity index (χ4v) is 9.19. The van der Waals surface area contributed by atoms with Crippen molar-refractivity contribution in [2.75, 3.05) is 4.90 Å². The maximum Gasteiger partial charge on any atom is 0.138 e. The van der Waals surface area contributed by atoms with Crippen LogP contribution in [0, 0.1) is 0 Å². The van der Waals surface area contributed by atoms with Gasteiger partial charge < -0.3 is 13.9 Å². The van der Waals surface area contributed by atoms with Crippen LogP contribution in [0.1, 0.15) is 0 Å². The van der Waals surface area contributed by atoms with Crippen molar-refractivity contribution in [3.05, 3.63) is 206 Å². The Labute approximate surface area is 328 Å². The summed E-state index contributed by atoms with van der Waals surface area (Å²) in [5.41, 5.74) is 10.9. The minimum atomic E-state index is 0.869. The standard InChI is InChI=1S/C54H34N2O/c1-2-17-39(18-3-1)55-48-24-12-10-22-45(48)47-34-40(28-30-50(47)55)56(54-42-19-7-6-16-37(42)33-52-53(54)46-23-11-13-25-51(46)57-52)49-31-29-41(43-20-8-9-21-44(43)49)38-27-26-35-14-4-5-15-36(35)32-38/h1-34H. The number of benzene rings is 10. The Hall–Kier alpha value is -7.62. The monoisotopic (exact) mass is 726 g/mol. The molecule has 0 amide bonds. The molecule has 3 heteroatoms. The van der Waals surface area contributed by atoms with Crippen molar-refractivity contribution in [3.63, 3.8) is 0 Å². The van der Waals surface area contributed by atoms with Crippen LogP contribution in [0.5, 0.6) is 0 Å². The highest BCUT2D eigenvalue weighted by atomic mass is 16.3. The molecule has 0 fully saturated rings. The van der Waals surface area contributed by atoms with Gasteiger partial charge in [0.2, 0.25) is 0 Å². The first kappa shape index (κ1) is 31.7. The molecule has 2 aromatic heterocycles. The lowest BCUT2D eigenvalue weighted by molar-refractivity contribution is 0.669. The van der Waals surface area contributed by atoms with Gasteiger partial charge in [-0.25, -0.2) is 0 Å². The van der Waals surface area contributed by atoms with E-state index in [0.29, 0.717) is 0 Å². The maximum atomic E-state index is 6.67. The predicted molar refractivity (Wildman–Crippen MR) is 241 cm³/mol. The number of anilines is 3. The third-order valence-corrected chi connectivity index (χ3v) is 11.7. The lowest BCUT2D eigenvalue weighted by Gasteiger charge is -2.29. The van der Waals surface area contributed by atoms with Gasteiger partial charge in [0.25, 0.3) is 0 Å². The number of rotatable bonds is 5. The van der Waals surface area contributed by atoms with Gasteiger partial charge in [-0.05, 0) is 93.3 Å². The molecule has 3 nitrogen and oxygen atoms in total. The molecule has 266 valence electrons. The highest BCUT2D eigenvalue weighted by molar-refractivity contribution is 6.23. The van der Waals surface area contributed by atoms with Crippen molar-refractivity contribution in [2.45, 2.75) is 0 Å². The van der Waals surface area contributed by atoms with E-state index < -0.39 is 0 Å². The smallest absolute Gasteiger partial charge is 0.138 e. The molecule has 0 aliphatic rings. The molecule has 12 aromatic rings. The highest BCUT2D eigenvalue weighted by Gasteiger charge is 2.25. The largest absolute Gasteiger partial charge is 0.456 e. The summed E-state index contributed by atoms with van der Waals surface area (Å²) >= 11 is 0. The molecule has 0 saturated heterocycles. The molecule has 0 unspecified atom stereocenters. The van der Waals surface area contributed by atoms with Crippen LogP contribution in [-0.2, 0) is 0 Å². The van der Waals surface area contributed by atoms with E-state index in [1.807, 2.05) is 0 Å². The Morgan fingerprint density at radius 3 is 1.91 bits per heavy atom. The van der Waals surface area contributed by atoms with E-state index in [2.05, 4.69) is 216 Å². The first-order chi connectivity index (χ1) is 28.3. The van der Waals surface area contributed by atoms with Crippen LogP contribution in [0.4, 0.5) is 17.1 Å². The number of hydrogen-bond donors (Lipinski definition) is 0. The second-order valence-corrected chi connectivity index (χ2v) is 14.9. The van der Waals surface area contributed by atoms with Crippen LogP contribution in [0.25, 0.3) is 92.9 Å². The lowest BCUT2D eigenvalue weighted by Crippen LogP contribution is -2.12. The topological polar surface area (TPSA) is 21.3 Å². The minimum Gasteiger partial charge on any atom is -0.456 e. The molecule has 2 heterocycles. The van der Waals surface area contributed by atoms with Crippen molar-refractivity contribution in [2.24, 2.45) is 0 Å². The number of furan rings is 1. The first-order valence-corrected chi connectivity index (χ1v) is 19.5. The minimum absolute atomic E-state index is 0.869. The van der Waals surface area contributed by atoms with E-state index in [9.17, 15) is 0 Å². The van der Waals surface area contributed by atoms with Crippen molar-refractivity contribution in [3.8, 4) is 16.8 Å². The Morgan fingerprint density at radius 1 is 0.386 bits per heavy atom. The molecule has 12 rings (SSSR count). The maximum absolute atomic E-state index is 6.67. The van der Waals surface area contributed by atoms with Crippen LogP contribution in [-0.4, -0.2) is 4.57 Å². The van der Waals surface area contributed by atoms with Crippen molar-refractivity contribution in [1.29, 1.82) is 0 Å². The summed E-state index contributed by atoms with van der Waals surface area (Å²) in [5, 5.41) is 11.7. The van der Waals surface area contributed by atoms with E-state index in [0.717, 1.165) is 55.5 Å². The van der Waals surface area contributed by atoms with E-state index in [-0.39, 0.29) is 0 Å². The highest BCUT2D eigenvalue weighted by Crippen LogP contribution is 2.50. The molecule has 0 saturated carbocycles. The molecule has 0 aliphatic heterocycles. The fraction of sp³-hybridized carbons (Fsp3) is 0. The summed E-state index contributed by atoms with van der Waals surface area (Å²) in [6, 6.07) is 74.6. The number of para-hydroxylation sites is 3. The predicted octanol–water partition coefficient (Wildman–Crippen LogP) is 15.3. The lowest BCUT2D eigenvalue weighted by atomic mass is 9.94. The zero-order chi connectivity index (χ0) is 37.5. The van der Waals surface area contributed by atoms with E-state index in [1.54, 1.807) is 0 Å². The molecule has 0 radical (unpaired) electrons. The number of fused-ring (bicyclic) bond motifs is 9. The Kier molecular flexibility index (Phi) is 6.93. The van der Waals surface area contributed by atoms with Gasteiger partial charge in [-0.1, -0.05) is 146 Å². The third-order valence-electron chi connectivity index (χ3n) is 11.7. The average molecular weight is 727 g/mol. The van der Waals surface area contributed by atoms with Gasteiger partial charge in [-0.2, -0.15) is 0 Å². The molecular weight excluding hydrogens is 693 g/mol. The fourth-order valence-electron chi connectivity index (χ4n) is 9.19. The molecule has 0 spiro atoms. The summed E-state index contributed by atoms with van der Waals surface area (Å²) in [5.74, 6) is 0. The number of hydrogen-bond acceptors (Lipinski definition) is 2. The van der Waals surface area contributed by atoms with Crippen molar-refractivity contribution >= 4 is 93.1 Å². The summed E-state index contributed by atoms with van der Waals surface area (Å²) in [6.45, 7) is 0. The van der Waals surface area contributed by atoms with Crippen LogP contribution in [0.3, 0.4) is 0 Å². The van der Waals surface area contributed by atoms with Crippen molar-refractivity contribution < 1.29 is 4.42 Å². The van der Waals surface area contributed by atoms with E-state index >= 15 is 0 Å². The summed E-state index contributed by atoms with van der Waals surface area (Å²) in [6.07, 6.45) is 0. The summed E-state index contributed by atoms with van der Waals surface area (Å²) in [7, 11) is 0. The van der Waals surface area contributed by atoms with Gasteiger partial charge in [0.05, 0.1) is 27.8 Å². The van der Waals surface area contributed by atoms with E-state index in [1.165, 1.54) is 54.5 Å².